The lowest BCUT2D eigenvalue weighted by Crippen LogP contribution is -2.20. The first-order chi connectivity index (χ1) is 7.70. The number of carbonyl (C=O) groups is 1. The van der Waals surface area contributed by atoms with E-state index in [0.29, 0.717) is 18.0 Å². The number of rotatable bonds is 3. The molecule has 0 saturated carbocycles. The number of thiophene rings is 1. The molecule has 0 bridgehead atoms. The molecule has 0 aliphatic rings. The second-order valence-electron chi connectivity index (χ2n) is 3.35. The van der Waals surface area contributed by atoms with Gasteiger partial charge in [-0.25, -0.2) is 0 Å². The molecule has 0 unspecified atom stereocenters. The minimum atomic E-state index is 0.0523. The molecular weight excluding hydrogens is 244 g/mol. The molecule has 0 spiro atoms. The van der Waals surface area contributed by atoms with Crippen molar-refractivity contribution in [3.05, 3.63) is 28.2 Å². The fourth-order valence-corrected chi connectivity index (χ4v) is 2.58. The summed E-state index contributed by atoms with van der Waals surface area (Å²) in [5.41, 5.74) is 0.887. The molecule has 1 N–H and O–H groups in total. The molecule has 2 heterocycles. The van der Waals surface area contributed by atoms with Crippen LogP contribution < -0.4 is 5.32 Å². The Morgan fingerprint density at radius 1 is 1.62 bits per heavy atom. The van der Waals surface area contributed by atoms with Crippen LogP contribution >= 0.6 is 22.9 Å². The highest BCUT2D eigenvalue weighted by atomic mass is 35.5. The van der Waals surface area contributed by atoms with Crippen LogP contribution in [0.15, 0.2) is 18.3 Å². The highest BCUT2D eigenvalue weighted by molar-refractivity contribution is 7.19. The third-order valence-electron chi connectivity index (χ3n) is 2.20. The molecule has 2 aromatic rings. The molecule has 0 radical (unpaired) electrons. The predicted octanol–water partition coefficient (Wildman–Crippen LogP) is 2.98. The van der Waals surface area contributed by atoms with Crippen molar-refractivity contribution < 1.29 is 4.79 Å². The lowest BCUT2D eigenvalue weighted by molar-refractivity contribution is -0.120. The number of halogens is 1. The molecule has 3 nitrogen and oxygen atoms in total. The summed E-state index contributed by atoms with van der Waals surface area (Å²) in [5.74, 6) is 0.0523. The summed E-state index contributed by atoms with van der Waals surface area (Å²) in [6.45, 7) is 2.38. The normalized spacial score (nSPS) is 10.6. The van der Waals surface area contributed by atoms with E-state index in [4.69, 9.17) is 11.6 Å². The number of nitrogens with one attached hydrogen (secondary N) is 1. The van der Waals surface area contributed by atoms with Crippen LogP contribution in [-0.2, 0) is 11.3 Å². The van der Waals surface area contributed by atoms with Gasteiger partial charge in [-0.2, -0.15) is 0 Å². The van der Waals surface area contributed by atoms with Gasteiger partial charge in [0.25, 0.3) is 0 Å². The topological polar surface area (TPSA) is 42.0 Å². The third kappa shape index (κ3) is 2.33. The van der Waals surface area contributed by atoms with Gasteiger partial charge < -0.3 is 5.32 Å². The Morgan fingerprint density at radius 2 is 2.44 bits per heavy atom. The van der Waals surface area contributed by atoms with Crippen LogP contribution in [0.1, 0.15) is 18.2 Å². The zero-order valence-electron chi connectivity index (χ0n) is 8.79. The number of carbonyl (C=O) groups excluding carboxylic acids is 1. The molecule has 0 aromatic carbocycles. The van der Waals surface area contributed by atoms with Crippen molar-refractivity contribution in [2.45, 2.75) is 19.9 Å². The molecule has 0 saturated heterocycles. The number of hydrogen-bond donors (Lipinski definition) is 1. The fourth-order valence-electron chi connectivity index (χ4n) is 1.35. The van der Waals surface area contributed by atoms with Gasteiger partial charge in [-0.3, -0.25) is 9.78 Å². The van der Waals surface area contributed by atoms with Crippen molar-refractivity contribution in [1.29, 1.82) is 0 Å². The van der Waals surface area contributed by atoms with Crippen LogP contribution in [0.2, 0.25) is 5.02 Å². The van der Waals surface area contributed by atoms with Crippen molar-refractivity contribution >= 4 is 39.1 Å². The van der Waals surface area contributed by atoms with E-state index in [1.807, 2.05) is 13.0 Å². The second kappa shape index (κ2) is 4.80. The van der Waals surface area contributed by atoms with E-state index >= 15 is 0 Å². The molecule has 0 aliphatic carbocycles. The van der Waals surface area contributed by atoms with Crippen LogP contribution in [-0.4, -0.2) is 10.9 Å². The minimum Gasteiger partial charge on any atom is -0.351 e. The smallest absolute Gasteiger partial charge is 0.220 e. The molecule has 5 heteroatoms. The van der Waals surface area contributed by atoms with Crippen LogP contribution in [0, 0.1) is 0 Å². The lowest BCUT2D eigenvalue weighted by Gasteiger charge is -1.99. The van der Waals surface area contributed by atoms with Gasteiger partial charge in [0, 0.05) is 17.5 Å². The fraction of sp³-hybridized carbons (Fsp3) is 0.273. The maximum atomic E-state index is 11.1. The first-order valence-corrected chi connectivity index (χ1v) is 6.19. The Hall–Kier alpha value is -1.13. The van der Waals surface area contributed by atoms with Crippen LogP contribution in [0.3, 0.4) is 0 Å². The summed E-state index contributed by atoms with van der Waals surface area (Å²) >= 11 is 7.61. The molecule has 0 fully saturated rings. The van der Waals surface area contributed by atoms with E-state index < -0.39 is 0 Å². The minimum absolute atomic E-state index is 0.0523. The number of pyridine rings is 1. The molecule has 2 rings (SSSR count). The standard InChI is InChI=1S/C11H11ClN2OS/c1-2-10(15)14-6-7-5-9-11(16-7)8(12)3-4-13-9/h3-5H,2,6H2,1H3,(H,14,15). The van der Waals surface area contributed by atoms with Gasteiger partial charge in [0.05, 0.1) is 21.8 Å². The van der Waals surface area contributed by atoms with E-state index in [0.717, 1.165) is 15.1 Å². The molecule has 2 aromatic heterocycles. The molecule has 84 valence electrons. The Morgan fingerprint density at radius 3 is 3.12 bits per heavy atom. The Balaban J connectivity index is 2.20. The summed E-state index contributed by atoms with van der Waals surface area (Å²) in [6, 6.07) is 3.73. The monoisotopic (exact) mass is 254 g/mol. The summed E-state index contributed by atoms with van der Waals surface area (Å²) in [4.78, 5) is 16.4. The Kier molecular flexibility index (Phi) is 3.41. The summed E-state index contributed by atoms with van der Waals surface area (Å²) in [6.07, 6.45) is 2.19. The maximum Gasteiger partial charge on any atom is 0.220 e. The van der Waals surface area contributed by atoms with Gasteiger partial charge in [-0.15, -0.1) is 11.3 Å². The number of nitrogens with zero attached hydrogens (tertiary/aromatic N) is 1. The van der Waals surface area contributed by atoms with Crippen molar-refractivity contribution in [2.75, 3.05) is 0 Å². The quantitative estimate of drug-likeness (QED) is 0.915. The molecule has 16 heavy (non-hydrogen) atoms. The lowest BCUT2D eigenvalue weighted by atomic mass is 10.3. The second-order valence-corrected chi connectivity index (χ2v) is 4.89. The largest absolute Gasteiger partial charge is 0.351 e. The van der Waals surface area contributed by atoms with Gasteiger partial charge in [0.1, 0.15) is 0 Å². The van der Waals surface area contributed by atoms with Crippen molar-refractivity contribution in [2.24, 2.45) is 0 Å². The zero-order chi connectivity index (χ0) is 11.5. The maximum absolute atomic E-state index is 11.1. The average Bonchev–Trinajstić information content (AvgIpc) is 2.70. The van der Waals surface area contributed by atoms with E-state index in [1.54, 1.807) is 23.6 Å². The average molecular weight is 255 g/mol. The van der Waals surface area contributed by atoms with Gasteiger partial charge in [0.15, 0.2) is 0 Å². The van der Waals surface area contributed by atoms with Gasteiger partial charge in [0.2, 0.25) is 5.91 Å². The Labute approximate surface area is 102 Å². The molecular formula is C11H11ClN2OS. The number of hydrogen-bond acceptors (Lipinski definition) is 3. The van der Waals surface area contributed by atoms with E-state index in [-0.39, 0.29) is 5.91 Å². The highest BCUT2D eigenvalue weighted by Gasteiger charge is 2.06. The van der Waals surface area contributed by atoms with E-state index in [2.05, 4.69) is 10.3 Å². The number of aromatic nitrogens is 1. The summed E-state index contributed by atoms with van der Waals surface area (Å²) in [5, 5.41) is 3.54. The van der Waals surface area contributed by atoms with E-state index in [1.165, 1.54) is 0 Å². The number of fused-ring (bicyclic) bond motifs is 1. The summed E-state index contributed by atoms with van der Waals surface area (Å²) in [7, 11) is 0. The molecule has 1 amide bonds. The van der Waals surface area contributed by atoms with E-state index in [9.17, 15) is 4.79 Å². The third-order valence-corrected chi connectivity index (χ3v) is 3.78. The van der Waals surface area contributed by atoms with Crippen molar-refractivity contribution in [3.63, 3.8) is 0 Å². The summed E-state index contributed by atoms with van der Waals surface area (Å²) < 4.78 is 0.977. The molecule has 0 aliphatic heterocycles. The molecule has 0 atom stereocenters. The predicted molar refractivity (Wildman–Crippen MR) is 66.8 cm³/mol. The van der Waals surface area contributed by atoms with Gasteiger partial charge in [-0.1, -0.05) is 18.5 Å². The van der Waals surface area contributed by atoms with Crippen molar-refractivity contribution in [3.8, 4) is 0 Å². The SMILES string of the molecule is CCC(=O)NCc1cc2nccc(Cl)c2s1. The van der Waals surface area contributed by atoms with Gasteiger partial charge in [-0.05, 0) is 12.1 Å². The Bertz CT molecular complexity index is 524. The van der Waals surface area contributed by atoms with Crippen LogP contribution in [0.5, 0.6) is 0 Å². The first kappa shape index (κ1) is 11.4. The zero-order valence-corrected chi connectivity index (χ0v) is 10.4. The van der Waals surface area contributed by atoms with Crippen LogP contribution in [0.25, 0.3) is 10.2 Å². The van der Waals surface area contributed by atoms with Crippen LogP contribution in [0.4, 0.5) is 0 Å². The first-order valence-electron chi connectivity index (χ1n) is 5.00. The number of amides is 1. The van der Waals surface area contributed by atoms with Crippen molar-refractivity contribution in [1.82, 2.24) is 10.3 Å². The van der Waals surface area contributed by atoms with Gasteiger partial charge >= 0.3 is 0 Å². The highest BCUT2D eigenvalue weighted by Crippen LogP contribution is 2.29.